The van der Waals surface area contributed by atoms with Gasteiger partial charge >= 0.3 is 12.1 Å². The summed E-state index contributed by atoms with van der Waals surface area (Å²) in [6, 6.07) is 0. The van der Waals surface area contributed by atoms with Crippen LogP contribution >= 0.6 is 0 Å². The third-order valence-electron chi connectivity index (χ3n) is 3.50. The molecular weight excluding hydrogens is 293 g/mol. The van der Waals surface area contributed by atoms with Gasteiger partial charge in [0.1, 0.15) is 0 Å². The average Bonchev–Trinajstić information content (AvgIpc) is 2.26. The summed E-state index contributed by atoms with van der Waals surface area (Å²) < 4.78 is 90.1. The minimum Gasteiger partial charge on any atom is -0.396 e. The molecule has 1 nitrogen and oxygen atoms in total. The molecule has 0 fully saturated rings. The lowest BCUT2D eigenvalue weighted by molar-refractivity contribution is -0.264. The minimum atomic E-state index is -5.93. The van der Waals surface area contributed by atoms with E-state index in [0.717, 1.165) is 6.92 Å². The molecule has 0 aromatic carbocycles. The Morgan fingerprint density at radius 3 is 1.80 bits per heavy atom. The Kier molecular flexibility index (Phi) is 5.68. The molecule has 0 aromatic heterocycles. The van der Waals surface area contributed by atoms with E-state index in [1.807, 2.05) is 0 Å². The van der Waals surface area contributed by atoms with Crippen LogP contribution in [0.5, 0.6) is 0 Å². The smallest absolute Gasteiger partial charge is 0.396 e. The zero-order chi connectivity index (χ0) is 16.4. The number of aliphatic hydroxyl groups is 1. The van der Waals surface area contributed by atoms with Crippen molar-refractivity contribution in [3.05, 3.63) is 11.6 Å². The Morgan fingerprint density at radius 2 is 1.50 bits per heavy atom. The van der Waals surface area contributed by atoms with Crippen LogP contribution in [0.15, 0.2) is 11.6 Å². The fourth-order valence-electron chi connectivity index (χ4n) is 1.59. The predicted octanol–water partition coefficient (Wildman–Crippen LogP) is 4.56. The molecule has 120 valence electrons. The molecule has 1 N–H and O–H groups in total. The van der Waals surface area contributed by atoms with E-state index in [-0.39, 0.29) is 12.5 Å². The lowest BCUT2D eigenvalue weighted by atomic mass is 9.77. The third-order valence-corrected chi connectivity index (χ3v) is 3.50. The summed E-state index contributed by atoms with van der Waals surface area (Å²) in [6.07, 6.45) is -6.89. The summed E-state index contributed by atoms with van der Waals surface area (Å²) in [7, 11) is 0. The van der Waals surface area contributed by atoms with Gasteiger partial charge in [0.05, 0.1) is 0 Å². The van der Waals surface area contributed by atoms with Crippen molar-refractivity contribution in [3.8, 4) is 0 Å². The van der Waals surface area contributed by atoms with Gasteiger partial charge in [-0.25, -0.2) is 8.78 Å². The highest BCUT2D eigenvalue weighted by Crippen LogP contribution is 2.47. The monoisotopic (exact) mass is 310 g/mol. The van der Waals surface area contributed by atoms with Crippen LogP contribution in [0, 0.1) is 5.41 Å². The first-order valence-corrected chi connectivity index (χ1v) is 5.88. The van der Waals surface area contributed by atoms with Crippen LogP contribution in [0.4, 0.5) is 30.7 Å². The first-order chi connectivity index (χ1) is 8.75. The first kappa shape index (κ1) is 19.2. The van der Waals surface area contributed by atoms with Gasteiger partial charge in [-0.05, 0) is 25.8 Å². The molecule has 0 heterocycles. The van der Waals surface area contributed by atoms with Gasteiger partial charge in [-0.3, -0.25) is 0 Å². The second-order valence-corrected chi connectivity index (χ2v) is 4.91. The van der Waals surface area contributed by atoms with E-state index < -0.39 is 42.0 Å². The maximum absolute atomic E-state index is 13.9. The number of hydrogen-bond acceptors (Lipinski definition) is 1. The lowest BCUT2D eigenvalue weighted by Crippen LogP contribution is -2.42. The van der Waals surface area contributed by atoms with Crippen molar-refractivity contribution in [1.82, 2.24) is 0 Å². The second-order valence-electron chi connectivity index (χ2n) is 4.91. The molecule has 20 heavy (non-hydrogen) atoms. The maximum Gasteiger partial charge on any atom is 0.457 e. The molecule has 0 aliphatic carbocycles. The Hall–Kier alpha value is -0.790. The van der Waals surface area contributed by atoms with Gasteiger partial charge in [-0.1, -0.05) is 13.8 Å². The van der Waals surface area contributed by atoms with Gasteiger partial charge < -0.3 is 5.11 Å². The van der Waals surface area contributed by atoms with Crippen LogP contribution in [-0.4, -0.2) is 29.7 Å². The molecule has 0 saturated carbocycles. The quantitative estimate of drug-likeness (QED) is 0.563. The number of alkyl halides is 7. The van der Waals surface area contributed by atoms with Gasteiger partial charge in [-0.2, -0.15) is 22.0 Å². The number of allylic oxidation sites excluding steroid dienone is 2. The van der Waals surface area contributed by atoms with Gasteiger partial charge in [0.25, 0.3) is 5.92 Å². The molecule has 0 bridgehead atoms. The molecule has 0 saturated heterocycles. The van der Waals surface area contributed by atoms with Crippen LogP contribution in [0.3, 0.4) is 0 Å². The largest absolute Gasteiger partial charge is 0.457 e. The standard InChI is InChI=1S/C12H17F7O/c1-4-9(3,5-6-20)10(13,14)7-8(2)11(15,16)12(17,18)19/h7,20H,4-6H2,1-3H3/b8-7+. The van der Waals surface area contributed by atoms with Crippen LogP contribution in [-0.2, 0) is 0 Å². The number of aliphatic hydroxyl groups excluding tert-OH is 1. The SMILES string of the molecule is CCC(C)(CCO)C(F)(F)/C=C(\C)C(F)(F)C(F)(F)F. The van der Waals surface area contributed by atoms with E-state index in [2.05, 4.69) is 0 Å². The fraction of sp³-hybridized carbons (Fsp3) is 0.833. The number of hydrogen-bond donors (Lipinski definition) is 1. The van der Waals surface area contributed by atoms with Crippen molar-refractivity contribution >= 4 is 0 Å². The Balaban J connectivity index is 5.59. The lowest BCUT2D eigenvalue weighted by Gasteiger charge is -2.35. The van der Waals surface area contributed by atoms with Crippen molar-refractivity contribution in [2.45, 2.75) is 51.6 Å². The second kappa shape index (κ2) is 5.91. The van der Waals surface area contributed by atoms with E-state index in [1.165, 1.54) is 6.92 Å². The van der Waals surface area contributed by atoms with E-state index in [4.69, 9.17) is 5.11 Å². The zero-order valence-electron chi connectivity index (χ0n) is 11.3. The normalized spacial score (nSPS) is 18.1. The highest BCUT2D eigenvalue weighted by Gasteiger charge is 2.60. The summed E-state index contributed by atoms with van der Waals surface area (Å²) in [6.45, 7) is 2.06. The van der Waals surface area contributed by atoms with E-state index in [0.29, 0.717) is 6.92 Å². The van der Waals surface area contributed by atoms with Gasteiger partial charge in [0, 0.05) is 17.6 Å². The van der Waals surface area contributed by atoms with Crippen LogP contribution in [0.25, 0.3) is 0 Å². The van der Waals surface area contributed by atoms with Crippen LogP contribution < -0.4 is 0 Å². The molecule has 0 radical (unpaired) electrons. The van der Waals surface area contributed by atoms with Crippen LogP contribution in [0.1, 0.15) is 33.6 Å². The Labute approximate surface area is 112 Å². The van der Waals surface area contributed by atoms with E-state index in [1.54, 1.807) is 0 Å². The average molecular weight is 310 g/mol. The molecule has 1 atom stereocenters. The highest BCUT2D eigenvalue weighted by atomic mass is 19.4. The molecular formula is C12H17F7O. The van der Waals surface area contributed by atoms with Crippen molar-refractivity contribution in [2.24, 2.45) is 5.41 Å². The summed E-state index contributed by atoms with van der Waals surface area (Å²) in [4.78, 5) is 0. The van der Waals surface area contributed by atoms with Crippen molar-refractivity contribution < 1.29 is 35.8 Å². The summed E-state index contributed by atoms with van der Waals surface area (Å²) in [5, 5.41) is 8.74. The first-order valence-electron chi connectivity index (χ1n) is 5.88. The molecule has 1 unspecified atom stereocenters. The molecule has 8 heteroatoms. The zero-order valence-corrected chi connectivity index (χ0v) is 11.3. The maximum atomic E-state index is 13.9. The Morgan fingerprint density at radius 1 is 1.05 bits per heavy atom. The Bertz CT molecular complexity index is 359. The summed E-state index contributed by atoms with van der Waals surface area (Å²) >= 11 is 0. The van der Waals surface area contributed by atoms with Gasteiger partial charge in [0.15, 0.2) is 0 Å². The van der Waals surface area contributed by atoms with Gasteiger partial charge in [0.2, 0.25) is 0 Å². The predicted molar refractivity (Wildman–Crippen MR) is 59.8 cm³/mol. The summed E-state index contributed by atoms with van der Waals surface area (Å²) in [5.41, 5.74) is -3.65. The van der Waals surface area contributed by atoms with Crippen molar-refractivity contribution in [3.63, 3.8) is 0 Å². The summed E-state index contributed by atoms with van der Waals surface area (Å²) in [5.74, 6) is -9.21. The van der Waals surface area contributed by atoms with Crippen molar-refractivity contribution in [2.75, 3.05) is 6.61 Å². The molecule has 0 spiro atoms. The van der Waals surface area contributed by atoms with Crippen LogP contribution in [0.2, 0.25) is 0 Å². The molecule has 0 amide bonds. The number of rotatable bonds is 6. The molecule has 0 aliphatic rings. The molecule has 0 aromatic rings. The van der Waals surface area contributed by atoms with E-state index >= 15 is 0 Å². The molecule has 0 rings (SSSR count). The van der Waals surface area contributed by atoms with Gasteiger partial charge in [-0.15, -0.1) is 0 Å². The van der Waals surface area contributed by atoms with E-state index in [9.17, 15) is 30.7 Å². The fourth-order valence-corrected chi connectivity index (χ4v) is 1.59. The third kappa shape index (κ3) is 3.65. The number of halogens is 7. The minimum absolute atomic E-state index is 0.193. The highest BCUT2D eigenvalue weighted by molar-refractivity contribution is 5.19. The topological polar surface area (TPSA) is 20.2 Å². The molecule has 0 aliphatic heterocycles. The van der Waals surface area contributed by atoms with Crippen molar-refractivity contribution in [1.29, 1.82) is 0 Å².